The maximum Gasteiger partial charge on any atom is 0.216 e. The van der Waals surface area contributed by atoms with Crippen molar-refractivity contribution in [1.82, 2.24) is 5.32 Å². The van der Waals surface area contributed by atoms with Crippen LogP contribution in [-0.2, 0) is 4.79 Å². The molecule has 56 valence electrons. The number of nitrogens with one attached hydrogen (secondary N) is 1. The monoisotopic (exact) mass is 139 g/mol. The highest BCUT2D eigenvalue weighted by atomic mass is 16.1. The van der Waals surface area contributed by atoms with Gasteiger partial charge in [0.15, 0.2) is 0 Å². The molecule has 0 saturated heterocycles. The van der Waals surface area contributed by atoms with Gasteiger partial charge in [-0.3, -0.25) is 4.79 Å². The van der Waals surface area contributed by atoms with E-state index in [-0.39, 0.29) is 5.91 Å². The number of allylic oxidation sites excluding steroid dienone is 1. The van der Waals surface area contributed by atoms with Crippen molar-refractivity contribution in [3.63, 3.8) is 0 Å². The summed E-state index contributed by atoms with van der Waals surface area (Å²) in [6.45, 7) is 5.69. The van der Waals surface area contributed by atoms with Crippen molar-refractivity contribution < 1.29 is 4.79 Å². The zero-order chi connectivity index (χ0) is 7.82. The van der Waals surface area contributed by atoms with E-state index in [1.807, 2.05) is 6.08 Å². The van der Waals surface area contributed by atoms with Gasteiger partial charge in [0, 0.05) is 13.5 Å². The Labute approximate surface area is 61.6 Å². The average molecular weight is 139 g/mol. The minimum Gasteiger partial charge on any atom is -0.356 e. The van der Waals surface area contributed by atoms with E-state index in [1.165, 1.54) is 6.92 Å². The maximum absolute atomic E-state index is 10.3. The third-order valence-electron chi connectivity index (χ3n) is 1.04. The molecule has 0 heterocycles. The zero-order valence-electron chi connectivity index (χ0n) is 6.31. The molecule has 0 aliphatic rings. The summed E-state index contributed by atoms with van der Waals surface area (Å²) in [5.74, 6) is 0.0302. The fourth-order valence-electron chi connectivity index (χ4n) is 0.571. The van der Waals surface area contributed by atoms with Crippen molar-refractivity contribution in [1.29, 1.82) is 0 Å². The molecule has 0 aliphatic heterocycles. The Hall–Kier alpha value is -1.01. The molecule has 0 bridgehead atoms. The molecule has 0 aromatic carbocycles. The molecule has 0 aromatic heterocycles. The molecule has 0 atom stereocenters. The van der Waals surface area contributed by atoms with E-state index in [2.05, 4.69) is 17.6 Å². The van der Waals surface area contributed by atoms with Crippen molar-refractivity contribution in [3.05, 3.63) is 18.4 Å². The molecule has 10 heavy (non-hydrogen) atoms. The summed E-state index contributed by atoms with van der Waals surface area (Å²) in [4.78, 5) is 10.3. The van der Waals surface area contributed by atoms with E-state index in [1.54, 1.807) is 0 Å². The van der Waals surface area contributed by atoms with Gasteiger partial charge in [0.05, 0.1) is 0 Å². The molecule has 0 spiro atoms. The van der Waals surface area contributed by atoms with Gasteiger partial charge in [-0.25, -0.2) is 0 Å². The summed E-state index contributed by atoms with van der Waals surface area (Å²) in [5.41, 5.74) is 2.67. The third kappa shape index (κ3) is 6.99. The Kier molecular flexibility index (Phi) is 5.50. The number of rotatable bonds is 4. The highest BCUT2D eigenvalue weighted by Crippen LogP contribution is 1.86. The summed E-state index contributed by atoms with van der Waals surface area (Å²) in [6.07, 6.45) is 3.76. The largest absolute Gasteiger partial charge is 0.356 e. The summed E-state index contributed by atoms with van der Waals surface area (Å²) in [5, 5.41) is 2.70. The van der Waals surface area contributed by atoms with E-state index in [9.17, 15) is 4.79 Å². The lowest BCUT2D eigenvalue weighted by Crippen LogP contribution is -2.20. The van der Waals surface area contributed by atoms with Crippen LogP contribution < -0.4 is 5.32 Å². The summed E-state index contributed by atoms with van der Waals surface area (Å²) in [7, 11) is 0. The summed E-state index contributed by atoms with van der Waals surface area (Å²) < 4.78 is 0. The van der Waals surface area contributed by atoms with Crippen molar-refractivity contribution in [3.8, 4) is 0 Å². The first-order valence-electron chi connectivity index (χ1n) is 3.36. The zero-order valence-corrected chi connectivity index (χ0v) is 6.31. The first-order valence-corrected chi connectivity index (χ1v) is 3.36. The number of hydrogen-bond acceptors (Lipinski definition) is 1. The van der Waals surface area contributed by atoms with Gasteiger partial charge in [0.25, 0.3) is 0 Å². The molecule has 0 rings (SSSR count). The summed E-state index contributed by atoms with van der Waals surface area (Å²) >= 11 is 0. The lowest BCUT2D eigenvalue weighted by molar-refractivity contribution is -0.118. The molecule has 0 radical (unpaired) electrons. The highest BCUT2D eigenvalue weighted by molar-refractivity contribution is 5.72. The van der Waals surface area contributed by atoms with Gasteiger partial charge in [0.1, 0.15) is 0 Å². The van der Waals surface area contributed by atoms with Gasteiger partial charge in [-0.2, -0.15) is 0 Å². The van der Waals surface area contributed by atoms with Gasteiger partial charge in [0.2, 0.25) is 5.91 Å². The molecule has 1 N–H and O–H groups in total. The van der Waals surface area contributed by atoms with E-state index in [4.69, 9.17) is 0 Å². The lowest BCUT2D eigenvalue weighted by atomic mass is 10.3. The predicted molar refractivity (Wildman–Crippen MR) is 41.6 cm³/mol. The van der Waals surface area contributed by atoms with Crippen LogP contribution in [0.5, 0.6) is 0 Å². The third-order valence-corrected chi connectivity index (χ3v) is 1.04. The molecule has 0 aromatic rings. The maximum atomic E-state index is 10.3. The average Bonchev–Trinajstić information content (AvgIpc) is 1.87. The lowest BCUT2D eigenvalue weighted by Gasteiger charge is -1.96. The first-order chi connectivity index (χ1) is 4.77. The standard InChI is InChI=1S/C8H13NO/c1-3-4-5-6-7-9-8(2)10/h4H,1,5-7H2,2H3,(H,9,10). The Bertz CT molecular complexity index is 141. The second kappa shape index (κ2) is 6.12. The van der Waals surface area contributed by atoms with Crippen LogP contribution in [-0.4, -0.2) is 12.5 Å². The normalized spacial score (nSPS) is 8.10. The van der Waals surface area contributed by atoms with E-state index >= 15 is 0 Å². The Balaban J connectivity index is 3.05. The second-order valence-electron chi connectivity index (χ2n) is 2.03. The van der Waals surface area contributed by atoms with Gasteiger partial charge in [-0.15, -0.1) is 5.73 Å². The molecule has 0 unspecified atom stereocenters. The first kappa shape index (κ1) is 8.99. The van der Waals surface area contributed by atoms with Crippen molar-refractivity contribution >= 4 is 5.91 Å². The number of unbranched alkanes of at least 4 members (excludes halogenated alkanes) is 1. The van der Waals surface area contributed by atoms with E-state index in [0.29, 0.717) is 0 Å². The fraction of sp³-hybridized carbons (Fsp3) is 0.500. The van der Waals surface area contributed by atoms with Crippen LogP contribution in [0.4, 0.5) is 0 Å². The number of carbonyl (C=O) groups is 1. The van der Waals surface area contributed by atoms with Crippen molar-refractivity contribution in [2.45, 2.75) is 19.8 Å². The Morgan fingerprint density at radius 3 is 3.00 bits per heavy atom. The fourth-order valence-corrected chi connectivity index (χ4v) is 0.571. The van der Waals surface area contributed by atoms with Crippen LogP contribution in [0.25, 0.3) is 0 Å². The number of carbonyl (C=O) groups excluding carboxylic acids is 1. The molecule has 2 nitrogen and oxygen atoms in total. The molecule has 0 fully saturated rings. The minimum absolute atomic E-state index is 0.0302. The number of hydrogen-bond donors (Lipinski definition) is 1. The molecule has 1 amide bonds. The van der Waals surface area contributed by atoms with Crippen LogP contribution in [0.2, 0.25) is 0 Å². The molecule has 0 aliphatic carbocycles. The van der Waals surface area contributed by atoms with E-state index in [0.717, 1.165) is 19.4 Å². The second-order valence-corrected chi connectivity index (χ2v) is 2.03. The Morgan fingerprint density at radius 2 is 2.50 bits per heavy atom. The van der Waals surface area contributed by atoms with Crippen LogP contribution >= 0.6 is 0 Å². The van der Waals surface area contributed by atoms with Gasteiger partial charge < -0.3 is 5.32 Å². The SMILES string of the molecule is C=C=CCCCNC(C)=O. The quantitative estimate of drug-likeness (QED) is 0.461. The van der Waals surface area contributed by atoms with Gasteiger partial charge in [-0.05, 0) is 18.9 Å². The molecule has 2 heteroatoms. The van der Waals surface area contributed by atoms with Gasteiger partial charge in [-0.1, -0.05) is 6.58 Å². The van der Waals surface area contributed by atoms with Crippen molar-refractivity contribution in [2.24, 2.45) is 0 Å². The molecular formula is C8H13NO. The van der Waals surface area contributed by atoms with Gasteiger partial charge >= 0.3 is 0 Å². The van der Waals surface area contributed by atoms with E-state index < -0.39 is 0 Å². The predicted octanol–water partition coefficient (Wildman–Crippen LogP) is 1.24. The molecular weight excluding hydrogens is 126 g/mol. The molecule has 0 saturated carbocycles. The topological polar surface area (TPSA) is 29.1 Å². The minimum atomic E-state index is 0.0302. The van der Waals surface area contributed by atoms with Crippen LogP contribution in [0.1, 0.15) is 19.8 Å². The Morgan fingerprint density at radius 1 is 1.80 bits per heavy atom. The van der Waals surface area contributed by atoms with Crippen molar-refractivity contribution in [2.75, 3.05) is 6.54 Å². The van der Waals surface area contributed by atoms with Crippen LogP contribution in [0.15, 0.2) is 18.4 Å². The van der Waals surface area contributed by atoms with Crippen LogP contribution in [0, 0.1) is 0 Å². The smallest absolute Gasteiger partial charge is 0.216 e. The number of amides is 1. The highest BCUT2D eigenvalue weighted by Gasteiger charge is 1.87. The summed E-state index contributed by atoms with van der Waals surface area (Å²) in [6, 6.07) is 0. The van der Waals surface area contributed by atoms with Crippen LogP contribution in [0.3, 0.4) is 0 Å².